The summed E-state index contributed by atoms with van der Waals surface area (Å²) in [7, 11) is 0. The van der Waals surface area contributed by atoms with Crippen LogP contribution in [0.15, 0.2) is 35.5 Å². The highest BCUT2D eigenvalue weighted by Crippen LogP contribution is 2.48. The van der Waals surface area contributed by atoms with Crippen molar-refractivity contribution in [2.75, 3.05) is 0 Å². The number of esters is 1. The van der Waals surface area contributed by atoms with Crippen LogP contribution in [0.4, 0.5) is 0 Å². The molecule has 24 heavy (non-hydrogen) atoms. The molecule has 0 saturated heterocycles. The van der Waals surface area contributed by atoms with Crippen LogP contribution in [-0.4, -0.2) is 34.3 Å². The molecular weight excluding hydrogens is 314 g/mol. The van der Waals surface area contributed by atoms with E-state index in [1.165, 1.54) is 0 Å². The molecule has 1 N–H and O–H groups in total. The summed E-state index contributed by atoms with van der Waals surface area (Å²) in [4.78, 5) is 41.0. The van der Waals surface area contributed by atoms with Gasteiger partial charge in [0.25, 0.3) is 5.60 Å². The van der Waals surface area contributed by atoms with Crippen LogP contribution in [0.25, 0.3) is 0 Å². The van der Waals surface area contributed by atoms with Crippen LogP contribution in [0, 0.1) is 5.41 Å². The molecule has 1 aliphatic carbocycles. The van der Waals surface area contributed by atoms with Gasteiger partial charge in [0.05, 0.1) is 0 Å². The van der Waals surface area contributed by atoms with Crippen LogP contribution < -0.4 is 0 Å². The summed E-state index contributed by atoms with van der Waals surface area (Å²) >= 11 is 0. The molecule has 1 atom stereocenters. The zero-order valence-electron chi connectivity index (χ0n) is 13.2. The topological polar surface area (TPSA) is 102 Å². The smallest absolute Gasteiger partial charge is 0.384 e. The third-order valence-corrected chi connectivity index (χ3v) is 4.40. The standard InChI is InChI=1S/C17H17NO6/c1-2-8-17(23-14(21)16(9-10-16)13(19)20)12(18-24-15(17)22)11-6-4-3-5-7-11/h3-7H,2,8-10H2,1H3,(H,19,20). The molecule has 1 heterocycles. The first kappa shape index (κ1) is 16.2. The molecule has 1 fully saturated rings. The summed E-state index contributed by atoms with van der Waals surface area (Å²) in [6.45, 7) is 1.83. The fourth-order valence-corrected chi connectivity index (χ4v) is 2.81. The molecule has 7 nitrogen and oxygen atoms in total. The minimum atomic E-state index is -1.70. The van der Waals surface area contributed by atoms with Gasteiger partial charge in [0.15, 0.2) is 5.41 Å². The molecule has 1 aromatic rings. The Morgan fingerprint density at radius 2 is 1.96 bits per heavy atom. The first-order valence-corrected chi connectivity index (χ1v) is 7.78. The monoisotopic (exact) mass is 331 g/mol. The highest BCUT2D eigenvalue weighted by molar-refractivity contribution is 6.21. The van der Waals surface area contributed by atoms with Crippen LogP contribution in [0.3, 0.4) is 0 Å². The third kappa shape index (κ3) is 2.36. The molecule has 1 aliphatic heterocycles. The van der Waals surface area contributed by atoms with E-state index in [4.69, 9.17) is 9.57 Å². The van der Waals surface area contributed by atoms with Crippen LogP contribution in [0.5, 0.6) is 0 Å². The summed E-state index contributed by atoms with van der Waals surface area (Å²) in [5.41, 5.74) is -2.46. The summed E-state index contributed by atoms with van der Waals surface area (Å²) in [5.74, 6) is -2.94. The van der Waals surface area contributed by atoms with E-state index in [2.05, 4.69) is 5.16 Å². The second-order valence-corrected chi connectivity index (χ2v) is 6.04. The molecule has 0 aromatic heterocycles. The lowest BCUT2D eigenvalue weighted by atomic mass is 9.88. The number of hydrogen-bond donors (Lipinski definition) is 1. The molecular formula is C17H17NO6. The molecule has 0 radical (unpaired) electrons. The van der Waals surface area contributed by atoms with E-state index >= 15 is 0 Å². The van der Waals surface area contributed by atoms with Crippen molar-refractivity contribution >= 4 is 23.6 Å². The fraction of sp³-hybridized carbons (Fsp3) is 0.412. The molecule has 2 aliphatic rings. The summed E-state index contributed by atoms with van der Waals surface area (Å²) in [6, 6.07) is 8.78. The molecule has 1 unspecified atom stereocenters. The zero-order chi connectivity index (χ0) is 17.4. The number of oxime groups is 1. The Morgan fingerprint density at radius 1 is 1.29 bits per heavy atom. The van der Waals surface area contributed by atoms with Crippen molar-refractivity contribution in [1.29, 1.82) is 0 Å². The van der Waals surface area contributed by atoms with Gasteiger partial charge in [-0.3, -0.25) is 9.59 Å². The number of aliphatic carboxylic acids is 1. The Kier molecular flexibility index (Phi) is 3.87. The molecule has 0 amide bonds. The number of carbonyl (C=O) groups excluding carboxylic acids is 2. The lowest BCUT2D eigenvalue weighted by Crippen LogP contribution is -2.49. The maximum atomic E-state index is 12.5. The predicted molar refractivity (Wildman–Crippen MR) is 82.1 cm³/mol. The fourth-order valence-electron chi connectivity index (χ4n) is 2.81. The molecule has 7 heteroatoms. The second kappa shape index (κ2) is 5.74. The number of benzene rings is 1. The Bertz CT molecular complexity index is 722. The first-order chi connectivity index (χ1) is 11.5. The Hall–Kier alpha value is -2.70. The van der Waals surface area contributed by atoms with Crippen molar-refractivity contribution in [3.05, 3.63) is 35.9 Å². The normalized spacial score (nSPS) is 24.0. The highest BCUT2D eigenvalue weighted by atomic mass is 16.7. The lowest BCUT2D eigenvalue weighted by molar-refractivity contribution is -0.178. The van der Waals surface area contributed by atoms with Crippen molar-refractivity contribution in [1.82, 2.24) is 0 Å². The number of nitrogens with zero attached hydrogens (tertiary/aromatic N) is 1. The molecule has 0 spiro atoms. The van der Waals surface area contributed by atoms with E-state index in [9.17, 15) is 19.5 Å². The van der Waals surface area contributed by atoms with E-state index in [0.717, 1.165) is 0 Å². The summed E-state index contributed by atoms with van der Waals surface area (Å²) in [6.07, 6.45) is 1.10. The van der Waals surface area contributed by atoms with Crippen LogP contribution in [0.1, 0.15) is 38.2 Å². The van der Waals surface area contributed by atoms with Crippen molar-refractivity contribution in [3.63, 3.8) is 0 Å². The maximum Gasteiger partial charge on any atom is 0.384 e. The number of rotatable bonds is 6. The Balaban J connectivity index is 1.97. The number of ether oxygens (including phenoxy) is 1. The van der Waals surface area contributed by atoms with Crippen LogP contribution in [0.2, 0.25) is 0 Å². The number of hydrogen-bond acceptors (Lipinski definition) is 6. The zero-order valence-corrected chi connectivity index (χ0v) is 13.2. The van der Waals surface area contributed by atoms with E-state index in [0.29, 0.717) is 12.0 Å². The van der Waals surface area contributed by atoms with Gasteiger partial charge in [0.2, 0.25) is 0 Å². The van der Waals surface area contributed by atoms with E-state index in [-0.39, 0.29) is 25.0 Å². The van der Waals surface area contributed by atoms with Gasteiger partial charge in [-0.2, -0.15) is 0 Å². The third-order valence-electron chi connectivity index (χ3n) is 4.40. The predicted octanol–water partition coefficient (Wildman–Crippen LogP) is 1.89. The van der Waals surface area contributed by atoms with Gasteiger partial charge in [-0.25, -0.2) is 4.79 Å². The summed E-state index contributed by atoms with van der Waals surface area (Å²) < 4.78 is 5.48. The average molecular weight is 331 g/mol. The number of carboxylic acid groups (broad SMARTS) is 1. The highest BCUT2D eigenvalue weighted by Gasteiger charge is 2.63. The van der Waals surface area contributed by atoms with Gasteiger partial charge in [-0.1, -0.05) is 48.8 Å². The first-order valence-electron chi connectivity index (χ1n) is 7.78. The number of carbonyl (C=O) groups is 3. The van der Waals surface area contributed by atoms with Gasteiger partial charge in [0.1, 0.15) is 5.71 Å². The van der Waals surface area contributed by atoms with Crippen LogP contribution >= 0.6 is 0 Å². The summed E-state index contributed by atoms with van der Waals surface area (Å²) in [5, 5.41) is 13.1. The van der Waals surface area contributed by atoms with Crippen molar-refractivity contribution < 1.29 is 29.1 Å². The quantitative estimate of drug-likeness (QED) is 0.485. The minimum absolute atomic E-state index is 0.168. The SMILES string of the molecule is CCCC1(OC(=O)C2(C(=O)O)CC2)C(=O)ON=C1c1ccccc1. The van der Waals surface area contributed by atoms with Gasteiger partial charge in [-0.05, 0) is 12.8 Å². The van der Waals surface area contributed by atoms with E-state index in [1.807, 2.05) is 6.92 Å². The van der Waals surface area contributed by atoms with Gasteiger partial charge in [-0.15, -0.1) is 0 Å². The van der Waals surface area contributed by atoms with Gasteiger partial charge in [0, 0.05) is 12.0 Å². The minimum Gasteiger partial charge on any atom is -0.480 e. The van der Waals surface area contributed by atoms with Crippen LogP contribution in [-0.2, 0) is 24.0 Å². The van der Waals surface area contributed by atoms with Gasteiger partial charge >= 0.3 is 17.9 Å². The molecule has 1 saturated carbocycles. The average Bonchev–Trinajstić information content (AvgIpc) is 3.32. The number of carboxylic acids is 1. The molecule has 0 bridgehead atoms. The molecule has 126 valence electrons. The Morgan fingerprint density at radius 3 is 2.50 bits per heavy atom. The van der Waals surface area contributed by atoms with Crippen molar-refractivity contribution in [3.8, 4) is 0 Å². The van der Waals surface area contributed by atoms with Gasteiger partial charge < -0.3 is 14.7 Å². The second-order valence-electron chi connectivity index (χ2n) is 6.04. The largest absolute Gasteiger partial charge is 0.480 e. The van der Waals surface area contributed by atoms with Crippen molar-refractivity contribution in [2.45, 2.75) is 38.2 Å². The van der Waals surface area contributed by atoms with E-state index < -0.39 is 28.9 Å². The molecule has 3 rings (SSSR count). The Labute approximate surface area is 138 Å². The van der Waals surface area contributed by atoms with E-state index in [1.54, 1.807) is 30.3 Å². The lowest BCUT2D eigenvalue weighted by Gasteiger charge is -2.27. The maximum absolute atomic E-state index is 12.5. The molecule has 1 aromatic carbocycles. The van der Waals surface area contributed by atoms with Crippen molar-refractivity contribution in [2.24, 2.45) is 10.6 Å².